The predicted molar refractivity (Wildman–Crippen MR) is 60.9 cm³/mol. The summed E-state index contributed by atoms with van der Waals surface area (Å²) in [6.45, 7) is 0. The van der Waals surface area contributed by atoms with E-state index in [0.717, 1.165) is 19.3 Å². The quantitative estimate of drug-likeness (QED) is 0.630. The summed E-state index contributed by atoms with van der Waals surface area (Å²) in [5.74, 6) is 0. The van der Waals surface area contributed by atoms with Crippen molar-refractivity contribution in [2.45, 2.75) is 19.3 Å². The zero-order chi connectivity index (χ0) is 10.1. The third-order valence-electron chi connectivity index (χ3n) is 3.17. The molecule has 0 amide bonds. The van der Waals surface area contributed by atoms with Crippen LogP contribution in [0.25, 0.3) is 0 Å². The van der Waals surface area contributed by atoms with E-state index in [9.17, 15) is 0 Å². The summed E-state index contributed by atoms with van der Waals surface area (Å²) in [6, 6.07) is 10.9. The maximum absolute atomic E-state index is 4.21. The average molecular weight is 195 g/mol. The highest BCUT2D eigenvalue weighted by Crippen LogP contribution is 2.23. The molecule has 15 heavy (non-hydrogen) atoms. The summed E-state index contributed by atoms with van der Waals surface area (Å²) < 4.78 is 0. The van der Waals surface area contributed by atoms with Crippen molar-refractivity contribution < 1.29 is 0 Å². The van der Waals surface area contributed by atoms with Crippen LogP contribution in [0.15, 0.2) is 42.7 Å². The van der Waals surface area contributed by atoms with Crippen LogP contribution in [0.2, 0.25) is 0 Å². The Morgan fingerprint density at radius 3 is 2.40 bits per heavy atom. The first-order valence-electron chi connectivity index (χ1n) is 5.42. The molecule has 3 rings (SSSR count). The average Bonchev–Trinajstić information content (AvgIpc) is 2.48. The van der Waals surface area contributed by atoms with E-state index in [2.05, 4.69) is 35.3 Å². The van der Waals surface area contributed by atoms with E-state index < -0.39 is 0 Å². The lowest BCUT2D eigenvalue weighted by atomic mass is 10.0. The van der Waals surface area contributed by atoms with Crippen LogP contribution in [0.3, 0.4) is 0 Å². The Bertz CT molecular complexity index is 443. The second kappa shape index (κ2) is 3.50. The van der Waals surface area contributed by atoms with Gasteiger partial charge in [0.05, 0.1) is 0 Å². The first-order valence-corrected chi connectivity index (χ1v) is 5.42. The van der Waals surface area contributed by atoms with Gasteiger partial charge in [-0.05, 0) is 47.6 Å². The molecular weight excluding hydrogens is 182 g/mol. The van der Waals surface area contributed by atoms with E-state index >= 15 is 0 Å². The van der Waals surface area contributed by atoms with Gasteiger partial charge in [-0.2, -0.15) is 0 Å². The molecule has 0 N–H and O–H groups in total. The Labute approximate surface area is 89.8 Å². The van der Waals surface area contributed by atoms with Gasteiger partial charge in [0, 0.05) is 12.4 Å². The Morgan fingerprint density at radius 2 is 1.53 bits per heavy atom. The topological polar surface area (TPSA) is 12.9 Å². The summed E-state index contributed by atoms with van der Waals surface area (Å²) in [5, 5.41) is 0. The zero-order valence-corrected chi connectivity index (χ0v) is 8.61. The van der Waals surface area contributed by atoms with Gasteiger partial charge in [-0.25, -0.2) is 0 Å². The molecule has 0 atom stereocenters. The molecule has 1 aromatic carbocycles. The van der Waals surface area contributed by atoms with Gasteiger partial charge < -0.3 is 0 Å². The molecule has 0 spiro atoms. The minimum atomic E-state index is 1.04. The highest BCUT2D eigenvalue weighted by molar-refractivity contribution is 5.38. The second-order valence-corrected chi connectivity index (χ2v) is 4.09. The van der Waals surface area contributed by atoms with Crippen LogP contribution in [0, 0.1) is 0 Å². The predicted octanol–water partition coefficient (Wildman–Crippen LogP) is 2.77. The lowest BCUT2D eigenvalue weighted by molar-refractivity contribution is 0.960. The van der Waals surface area contributed by atoms with Crippen LogP contribution in [-0.4, -0.2) is 4.98 Å². The van der Waals surface area contributed by atoms with E-state index in [1.165, 1.54) is 22.3 Å². The third kappa shape index (κ3) is 1.54. The Balaban J connectivity index is 2.10. The van der Waals surface area contributed by atoms with E-state index in [4.69, 9.17) is 0 Å². The van der Waals surface area contributed by atoms with Crippen LogP contribution in [0.5, 0.6) is 0 Å². The number of nitrogens with zero attached hydrogens (tertiary/aromatic N) is 1. The monoisotopic (exact) mass is 195 g/mol. The van der Waals surface area contributed by atoms with Crippen molar-refractivity contribution in [3.05, 3.63) is 65.0 Å². The van der Waals surface area contributed by atoms with Crippen LogP contribution in [0.4, 0.5) is 0 Å². The third-order valence-corrected chi connectivity index (χ3v) is 3.17. The number of pyridine rings is 1. The molecule has 1 heterocycles. The summed E-state index contributed by atoms with van der Waals surface area (Å²) >= 11 is 0. The molecule has 0 unspecified atom stereocenters. The van der Waals surface area contributed by atoms with Crippen LogP contribution in [0.1, 0.15) is 22.3 Å². The lowest BCUT2D eigenvalue weighted by Crippen LogP contribution is -1.92. The van der Waals surface area contributed by atoms with Crippen LogP contribution >= 0.6 is 0 Å². The normalized spacial score (nSPS) is 13.9. The number of fused-ring (bicyclic) bond motifs is 2. The molecule has 0 fully saturated rings. The smallest absolute Gasteiger partial charge is 0.0305 e. The van der Waals surface area contributed by atoms with Crippen molar-refractivity contribution in [2.75, 3.05) is 0 Å². The molecule has 2 aromatic rings. The fourth-order valence-electron chi connectivity index (χ4n) is 2.31. The molecule has 1 aromatic heterocycles. The van der Waals surface area contributed by atoms with Gasteiger partial charge in [0.2, 0.25) is 0 Å². The first-order chi connectivity index (χ1) is 7.43. The Morgan fingerprint density at radius 1 is 0.800 bits per heavy atom. The minimum absolute atomic E-state index is 1.04. The van der Waals surface area contributed by atoms with Crippen molar-refractivity contribution in [1.82, 2.24) is 4.98 Å². The SMILES string of the molecule is c1ccc2c(c1)CCc1ccncc1C2. The minimum Gasteiger partial charge on any atom is -0.264 e. The first kappa shape index (κ1) is 8.66. The van der Waals surface area contributed by atoms with Crippen LogP contribution in [-0.2, 0) is 19.3 Å². The largest absolute Gasteiger partial charge is 0.264 e. The summed E-state index contributed by atoms with van der Waals surface area (Å²) in [7, 11) is 0. The molecule has 1 aliphatic carbocycles. The number of rotatable bonds is 0. The highest BCUT2D eigenvalue weighted by Gasteiger charge is 2.11. The maximum atomic E-state index is 4.21. The molecule has 0 saturated heterocycles. The molecule has 1 nitrogen and oxygen atoms in total. The van der Waals surface area contributed by atoms with Gasteiger partial charge >= 0.3 is 0 Å². The molecule has 1 aliphatic rings. The van der Waals surface area contributed by atoms with E-state index in [0.29, 0.717) is 0 Å². The van der Waals surface area contributed by atoms with Crippen molar-refractivity contribution >= 4 is 0 Å². The molecule has 0 aliphatic heterocycles. The number of aromatic nitrogens is 1. The van der Waals surface area contributed by atoms with Gasteiger partial charge in [0.15, 0.2) is 0 Å². The van der Waals surface area contributed by atoms with Crippen molar-refractivity contribution in [1.29, 1.82) is 0 Å². The van der Waals surface area contributed by atoms with E-state index in [1.807, 2.05) is 12.4 Å². The summed E-state index contributed by atoms with van der Waals surface area (Å²) in [5.41, 5.74) is 5.81. The zero-order valence-electron chi connectivity index (χ0n) is 8.61. The fraction of sp³-hybridized carbons (Fsp3) is 0.214. The Kier molecular flexibility index (Phi) is 2.02. The van der Waals surface area contributed by atoms with Gasteiger partial charge in [0.25, 0.3) is 0 Å². The highest BCUT2D eigenvalue weighted by atomic mass is 14.6. The molecule has 0 bridgehead atoms. The second-order valence-electron chi connectivity index (χ2n) is 4.09. The standard InChI is InChI=1S/C14H13N/c1-2-4-13-9-14-10-15-8-7-12(14)6-5-11(13)3-1/h1-4,7-8,10H,5-6,9H2. The van der Waals surface area contributed by atoms with E-state index in [1.54, 1.807) is 0 Å². The van der Waals surface area contributed by atoms with Gasteiger partial charge in [-0.1, -0.05) is 24.3 Å². The number of aryl methyl sites for hydroxylation is 2. The van der Waals surface area contributed by atoms with Crippen molar-refractivity contribution in [3.63, 3.8) is 0 Å². The van der Waals surface area contributed by atoms with Crippen molar-refractivity contribution in [2.24, 2.45) is 0 Å². The molecule has 0 radical (unpaired) electrons. The van der Waals surface area contributed by atoms with Gasteiger partial charge in [0.1, 0.15) is 0 Å². The lowest BCUT2D eigenvalue weighted by Gasteiger charge is -2.04. The maximum Gasteiger partial charge on any atom is 0.0305 e. The molecule has 1 heteroatoms. The molecule has 74 valence electrons. The molecule has 0 saturated carbocycles. The summed E-state index contributed by atoms with van der Waals surface area (Å²) in [4.78, 5) is 4.21. The van der Waals surface area contributed by atoms with Crippen LogP contribution < -0.4 is 0 Å². The van der Waals surface area contributed by atoms with Gasteiger partial charge in [-0.3, -0.25) is 4.98 Å². The number of hydrogen-bond acceptors (Lipinski definition) is 1. The van der Waals surface area contributed by atoms with E-state index in [-0.39, 0.29) is 0 Å². The van der Waals surface area contributed by atoms with Crippen molar-refractivity contribution in [3.8, 4) is 0 Å². The fourth-order valence-corrected chi connectivity index (χ4v) is 2.31. The van der Waals surface area contributed by atoms with Gasteiger partial charge in [-0.15, -0.1) is 0 Å². The summed E-state index contributed by atoms with van der Waals surface area (Å²) in [6.07, 6.45) is 7.26. The number of benzene rings is 1. The Hall–Kier alpha value is -1.63. The number of hydrogen-bond donors (Lipinski definition) is 0. The molecular formula is C14H13N.